The van der Waals surface area contributed by atoms with Gasteiger partial charge in [0.15, 0.2) is 0 Å². The number of piperidine rings is 1. The van der Waals surface area contributed by atoms with Crippen LogP contribution in [0, 0.1) is 25.2 Å². The minimum atomic E-state index is 0.336. The van der Waals surface area contributed by atoms with Crippen molar-refractivity contribution in [2.24, 2.45) is 5.14 Å². The van der Waals surface area contributed by atoms with E-state index in [1.807, 2.05) is 26.0 Å². The van der Waals surface area contributed by atoms with Crippen molar-refractivity contribution in [1.29, 1.82) is 5.26 Å². The van der Waals surface area contributed by atoms with Crippen molar-refractivity contribution in [1.82, 2.24) is 14.9 Å². The van der Waals surface area contributed by atoms with Crippen molar-refractivity contribution >= 4 is 17.9 Å². The van der Waals surface area contributed by atoms with Crippen molar-refractivity contribution in [2.75, 3.05) is 18.4 Å². The first-order valence-electron chi connectivity index (χ1n) is 12.6. The Balaban J connectivity index is 1.26. The number of fused-ring (bicyclic) bond motifs is 1. The van der Waals surface area contributed by atoms with Crippen LogP contribution in [0.3, 0.4) is 0 Å². The zero-order valence-electron chi connectivity index (χ0n) is 20.9. The van der Waals surface area contributed by atoms with Gasteiger partial charge in [-0.2, -0.15) is 10.2 Å². The molecule has 1 aromatic heterocycles. The van der Waals surface area contributed by atoms with Gasteiger partial charge in [-0.15, -0.1) is 0 Å². The van der Waals surface area contributed by atoms with Gasteiger partial charge in [0.1, 0.15) is 5.75 Å². The number of nitriles is 1. The number of benzene rings is 2. The fourth-order valence-electron chi connectivity index (χ4n) is 5.17. The van der Waals surface area contributed by atoms with Crippen LogP contribution < -0.4 is 15.2 Å². The molecule has 0 saturated carbocycles. The maximum absolute atomic E-state index is 9.27. The number of hydrogen-bond acceptors (Lipinski definition) is 8. The molecule has 1 aliphatic heterocycles. The third-order valence-electron chi connectivity index (χ3n) is 7.07. The summed E-state index contributed by atoms with van der Waals surface area (Å²) in [6.45, 7) is 6.97. The molecule has 8 heteroatoms. The molecule has 1 fully saturated rings. The van der Waals surface area contributed by atoms with Gasteiger partial charge in [-0.3, -0.25) is 10.0 Å². The minimum Gasteiger partial charge on any atom is -0.438 e. The molecule has 2 heterocycles. The van der Waals surface area contributed by atoms with Crippen LogP contribution >= 0.6 is 11.9 Å². The van der Waals surface area contributed by atoms with Gasteiger partial charge in [-0.25, -0.2) is 4.98 Å². The standard InChI is InChI=1S/C28H32N6OS/c1-18-14-21(16-29)15-19(2)26(18)35-27-24-4-3-5-25(24)32-28(33-27)31-22-10-12-34(13-11-22)17-20-6-8-23(36-30)9-7-20/h6-9,14-15,22H,3-5,10-13,17,30H2,1-2H3,(H,31,32,33). The minimum absolute atomic E-state index is 0.336. The second kappa shape index (κ2) is 10.9. The summed E-state index contributed by atoms with van der Waals surface area (Å²) in [5.74, 6) is 2.08. The van der Waals surface area contributed by atoms with Crippen molar-refractivity contribution in [3.8, 4) is 17.7 Å². The van der Waals surface area contributed by atoms with Crippen molar-refractivity contribution in [3.63, 3.8) is 0 Å². The summed E-state index contributed by atoms with van der Waals surface area (Å²) >= 11 is 1.28. The molecule has 3 aromatic rings. The Morgan fingerprint density at radius 1 is 1.11 bits per heavy atom. The summed E-state index contributed by atoms with van der Waals surface area (Å²) in [4.78, 5) is 13.3. The van der Waals surface area contributed by atoms with Gasteiger partial charge in [0.2, 0.25) is 11.8 Å². The lowest BCUT2D eigenvalue weighted by Crippen LogP contribution is -2.39. The predicted molar refractivity (Wildman–Crippen MR) is 143 cm³/mol. The lowest BCUT2D eigenvalue weighted by Gasteiger charge is -2.32. The largest absolute Gasteiger partial charge is 0.438 e. The van der Waals surface area contributed by atoms with E-state index < -0.39 is 0 Å². The van der Waals surface area contributed by atoms with E-state index >= 15 is 0 Å². The van der Waals surface area contributed by atoms with Gasteiger partial charge in [-0.1, -0.05) is 12.1 Å². The Hall–Kier alpha value is -3.12. The lowest BCUT2D eigenvalue weighted by atomic mass is 10.0. The zero-order chi connectivity index (χ0) is 25.1. The number of rotatable bonds is 7. The molecule has 0 spiro atoms. The molecular weight excluding hydrogens is 468 g/mol. The van der Waals surface area contributed by atoms with Crippen LogP contribution in [0.2, 0.25) is 0 Å². The summed E-state index contributed by atoms with van der Waals surface area (Å²) in [5, 5.41) is 18.5. The van der Waals surface area contributed by atoms with E-state index in [0.717, 1.165) is 84.8 Å². The zero-order valence-corrected chi connectivity index (χ0v) is 21.7. The van der Waals surface area contributed by atoms with Crippen molar-refractivity contribution in [2.45, 2.75) is 63.4 Å². The first kappa shape index (κ1) is 24.6. The maximum Gasteiger partial charge on any atom is 0.227 e. The first-order chi connectivity index (χ1) is 17.5. The molecule has 1 aliphatic carbocycles. The van der Waals surface area contributed by atoms with Gasteiger partial charge in [-0.05, 0) is 98.9 Å². The van der Waals surface area contributed by atoms with Crippen LogP contribution in [-0.2, 0) is 19.4 Å². The molecule has 0 unspecified atom stereocenters. The SMILES string of the molecule is Cc1cc(C#N)cc(C)c1Oc1nc(NC2CCN(Cc3ccc(SN)cc3)CC2)nc2c1CCC2. The molecule has 7 nitrogen and oxygen atoms in total. The Labute approximate surface area is 217 Å². The van der Waals surface area contributed by atoms with Gasteiger partial charge in [0.25, 0.3) is 0 Å². The van der Waals surface area contributed by atoms with Crippen molar-refractivity contribution < 1.29 is 4.74 Å². The number of nitrogens with one attached hydrogen (secondary N) is 1. The summed E-state index contributed by atoms with van der Waals surface area (Å²) < 4.78 is 6.39. The smallest absolute Gasteiger partial charge is 0.227 e. The number of hydrogen-bond donors (Lipinski definition) is 2. The third-order valence-corrected chi connectivity index (χ3v) is 7.61. The Morgan fingerprint density at radius 3 is 2.50 bits per heavy atom. The summed E-state index contributed by atoms with van der Waals surface area (Å²) in [6, 6.07) is 14.8. The van der Waals surface area contributed by atoms with Gasteiger partial charge in [0, 0.05) is 36.1 Å². The van der Waals surface area contributed by atoms with Crippen molar-refractivity contribution in [3.05, 3.63) is 69.9 Å². The normalized spacial score (nSPS) is 15.9. The second-order valence-electron chi connectivity index (χ2n) is 9.74. The van der Waals surface area contributed by atoms with Crippen LogP contribution in [0.1, 0.15) is 52.8 Å². The molecule has 0 bridgehead atoms. The number of aromatic nitrogens is 2. The van der Waals surface area contributed by atoms with Crippen LogP contribution in [0.4, 0.5) is 5.95 Å². The molecular formula is C28H32N6OS. The number of nitrogens with zero attached hydrogens (tertiary/aromatic N) is 4. The van der Waals surface area contributed by atoms with E-state index in [4.69, 9.17) is 19.8 Å². The highest BCUT2D eigenvalue weighted by Crippen LogP contribution is 2.35. The monoisotopic (exact) mass is 500 g/mol. The molecule has 186 valence electrons. The summed E-state index contributed by atoms with van der Waals surface area (Å²) in [6.07, 6.45) is 5.04. The topological polar surface area (TPSA) is 100 Å². The van der Waals surface area contributed by atoms with E-state index in [-0.39, 0.29) is 0 Å². The third kappa shape index (κ3) is 5.49. The van der Waals surface area contributed by atoms with Gasteiger partial charge >= 0.3 is 0 Å². The first-order valence-corrected chi connectivity index (χ1v) is 13.4. The van der Waals surface area contributed by atoms with Gasteiger partial charge < -0.3 is 10.1 Å². The van der Waals surface area contributed by atoms with Crippen LogP contribution in [0.5, 0.6) is 11.6 Å². The average Bonchev–Trinajstić information content (AvgIpc) is 3.36. The average molecular weight is 501 g/mol. The summed E-state index contributed by atoms with van der Waals surface area (Å²) in [5.41, 5.74) is 6.04. The van der Waals surface area contributed by atoms with Gasteiger partial charge in [0.05, 0.1) is 17.3 Å². The quantitative estimate of drug-likeness (QED) is 0.422. The predicted octanol–water partition coefficient (Wildman–Crippen LogP) is 5.29. The highest BCUT2D eigenvalue weighted by molar-refractivity contribution is 7.97. The van der Waals surface area contributed by atoms with E-state index in [1.165, 1.54) is 17.5 Å². The molecule has 1 saturated heterocycles. The molecule has 0 amide bonds. The number of aryl methyl sites for hydroxylation is 3. The van der Waals surface area contributed by atoms with E-state index in [1.54, 1.807) is 0 Å². The number of nitrogens with two attached hydrogens (primary N) is 1. The number of ether oxygens (including phenoxy) is 1. The highest BCUT2D eigenvalue weighted by Gasteiger charge is 2.25. The van der Waals surface area contributed by atoms with Crippen LogP contribution in [-0.4, -0.2) is 34.0 Å². The molecule has 2 aliphatic rings. The molecule has 0 radical (unpaired) electrons. The molecule has 3 N–H and O–H groups in total. The molecule has 5 rings (SSSR count). The molecule has 0 atom stereocenters. The van der Waals surface area contributed by atoms with E-state index in [2.05, 4.69) is 40.6 Å². The number of anilines is 1. The van der Waals surface area contributed by atoms with Crippen LogP contribution in [0.25, 0.3) is 0 Å². The fraction of sp³-hybridized carbons (Fsp3) is 0.393. The lowest BCUT2D eigenvalue weighted by molar-refractivity contribution is 0.211. The fourth-order valence-corrected chi connectivity index (χ4v) is 5.46. The van der Waals surface area contributed by atoms with E-state index in [9.17, 15) is 5.26 Å². The Bertz CT molecular complexity index is 1260. The maximum atomic E-state index is 9.27. The second-order valence-corrected chi connectivity index (χ2v) is 10.4. The molecule has 2 aromatic carbocycles. The van der Waals surface area contributed by atoms with Crippen LogP contribution in [0.15, 0.2) is 41.3 Å². The highest BCUT2D eigenvalue weighted by atomic mass is 32.2. The number of likely N-dealkylation sites (tertiary alicyclic amines) is 1. The Kier molecular flexibility index (Phi) is 7.42. The van der Waals surface area contributed by atoms with E-state index in [0.29, 0.717) is 23.4 Å². The molecule has 36 heavy (non-hydrogen) atoms. The Morgan fingerprint density at radius 2 is 1.83 bits per heavy atom. The summed E-state index contributed by atoms with van der Waals surface area (Å²) in [7, 11) is 0.